The molecule has 0 saturated carbocycles. The number of aromatic nitrogens is 4. The van der Waals surface area contributed by atoms with Gasteiger partial charge >= 0.3 is 0 Å². The van der Waals surface area contributed by atoms with E-state index in [9.17, 15) is 5.11 Å². The van der Waals surface area contributed by atoms with Gasteiger partial charge in [0.15, 0.2) is 0 Å². The predicted octanol–water partition coefficient (Wildman–Crippen LogP) is 1.30. The lowest BCUT2D eigenvalue weighted by Gasteiger charge is -2.01. The topological polar surface area (TPSA) is 77.0 Å². The monoisotopic (exact) mass is 222 g/mol. The van der Waals surface area contributed by atoms with Crippen molar-refractivity contribution in [2.24, 2.45) is 7.05 Å². The van der Waals surface area contributed by atoms with E-state index in [1.165, 1.54) is 0 Å². The Hall–Kier alpha value is -1.69. The zero-order valence-corrected chi connectivity index (χ0v) is 9.29. The highest BCUT2D eigenvalue weighted by Gasteiger charge is 2.17. The Bertz CT molecular complexity index is 463. The first-order valence-electron chi connectivity index (χ1n) is 5.20. The molecule has 0 radical (unpaired) electrons. The van der Waals surface area contributed by atoms with Crippen molar-refractivity contribution in [3.8, 4) is 11.6 Å². The fourth-order valence-corrected chi connectivity index (χ4v) is 1.44. The SMILES string of the molecule is CCCC(O)c1noc(-c2cncn2C)n1. The van der Waals surface area contributed by atoms with Crippen LogP contribution in [-0.4, -0.2) is 24.8 Å². The summed E-state index contributed by atoms with van der Waals surface area (Å²) in [5.41, 5.74) is 0.738. The lowest BCUT2D eigenvalue weighted by atomic mass is 10.2. The Labute approximate surface area is 92.9 Å². The molecule has 0 aliphatic carbocycles. The van der Waals surface area contributed by atoms with Crippen LogP contribution in [0.1, 0.15) is 31.7 Å². The molecule has 1 unspecified atom stereocenters. The average Bonchev–Trinajstić information content (AvgIpc) is 2.86. The van der Waals surface area contributed by atoms with Gasteiger partial charge in [-0.05, 0) is 6.42 Å². The number of imidazole rings is 1. The van der Waals surface area contributed by atoms with Crippen LogP contribution in [0.5, 0.6) is 0 Å². The second-order valence-electron chi connectivity index (χ2n) is 3.65. The molecule has 0 aliphatic rings. The smallest absolute Gasteiger partial charge is 0.276 e. The van der Waals surface area contributed by atoms with Crippen molar-refractivity contribution in [2.75, 3.05) is 0 Å². The zero-order chi connectivity index (χ0) is 11.5. The first-order chi connectivity index (χ1) is 7.72. The highest BCUT2D eigenvalue weighted by atomic mass is 16.5. The Morgan fingerprint density at radius 1 is 1.56 bits per heavy atom. The number of aliphatic hydroxyl groups excluding tert-OH is 1. The van der Waals surface area contributed by atoms with Crippen LogP contribution in [0.4, 0.5) is 0 Å². The summed E-state index contributed by atoms with van der Waals surface area (Å²) in [6, 6.07) is 0. The van der Waals surface area contributed by atoms with Crippen molar-refractivity contribution in [1.82, 2.24) is 19.7 Å². The zero-order valence-electron chi connectivity index (χ0n) is 9.29. The van der Waals surface area contributed by atoms with Crippen molar-refractivity contribution in [2.45, 2.75) is 25.9 Å². The van der Waals surface area contributed by atoms with Crippen molar-refractivity contribution in [3.05, 3.63) is 18.3 Å². The lowest BCUT2D eigenvalue weighted by molar-refractivity contribution is 0.153. The highest BCUT2D eigenvalue weighted by Crippen LogP contribution is 2.20. The number of hydrogen-bond acceptors (Lipinski definition) is 5. The van der Waals surface area contributed by atoms with Gasteiger partial charge < -0.3 is 14.2 Å². The molecule has 16 heavy (non-hydrogen) atoms. The van der Waals surface area contributed by atoms with Gasteiger partial charge in [-0.25, -0.2) is 4.98 Å². The van der Waals surface area contributed by atoms with E-state index in [-0.39, 0.29) is 0 Å². The molecule has 0 spiro atoms. The third-order valence-corrected chi connectivity index (χ3v) is 2.34. The van der Waals surface area contributed by atoms with Gasteiger partial charge in [0, 0.05) is 7.05 Å². The molecule has 6 nitrogen and oxygen atoms in total. The van der Waals surface area contributed by atoms with Crippen LogP contribution in [0.3, 0.4) is 0 Å². The molecule has 2 aromatic rings. The molecule has 1 atom stereocenters. The van der Waals surface area contributed by atoms with E-state index in [1.54, 1.807) is 17.1 Å². The van der Waals surface area contributed by atoms with Crippen LogP contribution >= 0.6 is 0 Å². The molecule has 0 amide bonds. The van der Waals surface area contributed by atoms with Gasteiger partial charge in [-0.3, -0.25) is 0 Å². The van der Waals surface area contributed by atoms with E-state index in [2.05, 4.69) is 15.1 Å². The molecule has 1 N–H and O–H groups in total. The van der Waals surface area contributed by atoms with Crippen LogP contribution < -0.4 is 0 Å². The molecule has 2 aromatic heterocycles. The standard InChI is InChI=1S/C10H14N4O2/c1-3-4-8(15)9-12-10(16-13-9)7-5-11-6-14(7)2/h5-6,8,15H,3-4H2,1-2H3. The van der Waals surface area contributed by atoms with Gasteiger partial charge in [-0.15, -0.1) is 0 Å². The summed E-state index contributed by atoms with van der Waals surface area (Å²) >= 11 is 0. The Balaban J connectivity index is 2.23. The average molecular weight is 222 g/mol. The highest BCUT2D eigenvalue weighted by molar-refractivity contribution is 5.45. The van der Waals surface area contributed by atoms with Gasteiger partial charge in [0.2, 0.25) is 5.82 Å². The number of rotatable bonds is 4. The van der Waals surface area contributed by atoms with Gasteiger partial charge in [0.1, 0.15) is 11.8 Å². The van der Waals surface area contributed by atoms with Crippen molar-refractivity contribution < 1.29 is 9.63 Å². The third kappa shape index (κ3) is 1.96. The summed E-state index contributed by atoms with van der Waals surface area (Å²) in [5, 5.41) is 13.4. The van der Waals surface area contributed by atoms with E-state index < -0.39 is 6.10 Å². The molecule has 0 fully saturated rings. The maximum atomic E-state index is 9.69. The molecular formula is C10H14N4O2. The van der Waals surface area contributed by atoms with Crippen molar-refractivity contribution in [3.63, 3.8) is 0 Å². The van der Waals surface area contributed by atoms with E-state index in [0.29, 0.717) is 18.1 Å². The molecule has 2 rings (SSSR count). The maximum absolute atomic E-state index is 9.69. The number of hydrogen-bond donors (Lipinski definition) is 1. The molecule has 86 valence electrons. The minimum absolute atomic E-state index is 0.332. The minimum atomic E-state index is -0.657. The summed E-state index contributed by atoms with van der Waals surface area (Å²) in [7, 11) is 1.84. The van der Waals surface area contributed by atoms with Gasteiger partial charge in [-0.1, -0.05) is 18.5 Å². The lowest BCUT2D eigenvalue weighted by Crippen LogP contribution is -1.99. The van der Waals surface area contributed by atoms with Gasteiger partial charge in [0.25, 0.3) is 5.89 Å². The van der Waals surface area contributed by atoms with Gasteiger partial charge in [0.05, 0.1) is 12.5 Å². The maximum Gasteiger partial charge on any atom is 0.276 e. The predicted molar refractivity (Wildman–Crippen MR) is 56.4 cm³/mol. The second-order valence-corrected chi connectivity index (χ2v) is 3.65. The fraction of sp³-hybridized carbons (Fsp3) is 0.500. The van der Waals surface area contributed by atoms with Crippen molar-refractivity contribution >= 4 is 0 Å². The molecule has 0 bridgehead atoms. The first kappa shape index (κ1) is 10.8. The molecule has 0 saturated heterocycles. The molecular weight excluding hydrogens is 208 g/mol. The summed E-state index contributed by atoms with van der Waals surface area (Å²) in [5.74, 6) is 0.711. The first-order valence-corrected chi connectivity index (χ1v) is 5.20. The summed E-state index contributed by atoms with van der Waals surface area (Å²) < 4.78 is 6.86. The fourth-order valence-electron chi connectivity index (χ4n) is 1.44. The van der Waals surface area contributed by atoms with E-state index >= 15 is 0 Å². The molecule has 6 heteroatoms. The van der Waals surface area contributed by atoms with E-state index in [4.69, 9.17) is 4.52 Å². The molecule has 0 aliphatic heterocycles. The Morgan fingerprint density at radius 2 is 2.38 bits per heavy atom. The molecule has 2 heterocycles. The van der Waals surface area contributed by atoms with Crippen LogP contribution in [-0.2, 0) is 7.05 Å². The Morgan fingerprint density at radius 3 is 3.00 bits per heavy atom. The molecule has 0 aromatic carbocycles. The number of nitrogens with zero attached hydrogens (tertiary/aromatic N) is 4. The number of aliphatic hydroxyl groups is 1. The van der Waals surface area contributed by atoms with E-state index in [0.717, 1.165) is 12.1 Å². The second kappa shape index (κ2) is 4.44. The largest absolute Gasteiger partial charge is 0.385 e. The van der Waals surface area contributed by atoms with Crippen molar-refractivity contribution in [1.29, 1.82) is 0 Å². The van der Waals surface area contributed by atoms with Crippen LogP contribution in [0, 0.1) is 0 Å². The number of aryl methyl sites for hydroxylation is 1. The third-order valence-electron chi connectivity index (χ3n) is 2.34. The van der Waals surface area contributed by atoms with Crippen LogP contribution in [0.2, 0.25) is 0 Å². The normalized spacial score (nSPS) is 12.9. The Kier molecular flexibility index (Phi) is 3.00. The quantitative estimate of drug-likeness (QED) is 0.843. The summed E-state index contributed by atoms with van der Waals surface area (Å²) in [4.78, 5) is 8.10. The van der Waals surface area contributed by atoms with E-state index in [1.807, 2.05) is 14.0 Å². The summed E-state index contributed by atoms with van der Waals surface area (Å²) in [6.45, 7) is 1.99. The minimum Gasteiger partial charge on any atom is -0.385 e. The summed E-state index contributed by atoms with van der Waals surface area (Å²) in [6.07, 6.45) is 4.14. The van der Waals surface area contributed by atoms with Crippen LogP contribution in [0.25, 0.3) is 11.6 Å². The van der Waals surface area contributed by atoms with Crippen LogP contribution in [0.15, 0.2) is 17.0 Å². The van der Waals surface area contributed by atoms with Gasteiger partial charge in [-0.2, -0.15) is 4.98 Å².